The topological polar surface area (TPSA) is 164 Å². The second kappa shape index (κ2) is 15.3. The quantitative estimate of drug-likeness (QED) is 0.151. The van der Waals surface area contributed by atoms with Gasteiger partial charge in [0.05, 0.1) is 23.0 Å². The van der Waals surface area contributed by atoms with Crippen LogP contribution in [-0.4, -0.2) is 90.6 Å². The zero-order valence-electron chi connectivity index (χ0n) is 28.6. The van der Waals surface area contributed by atoms with Crippen LogP contribution in [0.25, 0.3) is 0 Å². The molecule has 0 aromatic heterocycles. The van der Waals surface area contributed by atoms with Gasteiger partial charge in [-0.05, 0) is 59.1 Å². The number of rotatable bonds is 11. The summed E-state index contributed by atoms with van der Waals surface area (Å²) in [5.41, 5.74) is 0.924. The minimum Gasteiger partial charge on any atom is -0.455 e. The Hall–Kier alpha value is -3.63. The van der Waals surface area contributed by atoms with Crippen molar-refractivity contribution < 1.29 is 57.5 Å². The number of aliphatic hydroxyl groups excluding tert-OH is 1. The molecule has 14 nitrogen and oxygen atoms in total. The Morgan fingerprint density at radius 2 is 1.68 bits per heavy atom. The molecule has 2 aromatic carbocycles. The molecule has 4 heterocycles. The number of unbranched alkanes of at least 4 members (excludes halogenated alkanes) is 1. The molecule has 4 fully saturated rings. The van der Waals surface area contributed by atoms with Crippen molar-refractivity contribution in [1.29, 1.82) is 0 Å². The number of benzene rings is 2. The Balaban J connectivity index is 1.23. The summed E-state index contributed by atoms with van der Waals surface area (Å²) in [5, 5.41) is 21.8. The predicted octanol–water partition coefficient (Wildman–Crippen LogP) is 4.48. The molecule has 6 rings (SSSR count). The number of carbonyl (C=O) groups excluding carboxylic acids is 1. The number of esters is 1. The van der Waals surface area contributed by atoms with Crippen molar-refractivity contribution in [3.8, 4) is 0 Å². The third-order valence-electron chi connectivity index (χ3n) is 9.08. The lowest BCUT2D eigenvalue weighted by Crippen LogP contribution is -2.66. The maximum Gasteiger partial charge on any atom is 0.311 e. The van der Waals surface area contributed by atoms with E-state index >= 15 is 0 Å². The standard InChI is InChI=1S/C36H45NO13/c1-20-26(38)28-30(46-21(2)45-28)34(44-20)49-29-27-25(19-43-32(48-27)23-12-7-6-8-13-23)47-33(31(29)50-35(39)36(3,4)5)42-18-10-9-11-22-14-16-24(17-15-22)37(40)41/h6-8,12-17,20,25-34,38H,2,9-11,18-19H2,1,3-5H3/t20?,25?,26-,27-,28?,29-,30-,31?,32?,33+,34-/m0/s1. The highest BCUT2D eigenvalue weighted by Crippen LogP contribution is 2.41. The van der Waals surface area contributed by atoms with E-state index in [1.807, 2.05) is 30.3 Å². The van der Waals surface area contributed by atoms with Gasteiger partial charge in [-0.2, -0.15) is 0 Å². The van der Waals surface area contributed by atoms with Gasteiger partial charge in [-0.1, -0.05) is 42.5 Å². The summed E-state index contributed by atoms with van der Waals surface area (Å²) in [5.74, 6) is -0.469. The molecule has 0 spiro atoms. The lowest BCUT2D eigenvalue weighted by molar-refractivity contribution is -0.388. The number of aryl methyl sites for hydroxylation is 1. The largest absolute Gasteiger partial charge is 0.455 e. The SMILES string of the molecule is C=C1OC2[C@@H](O)C(C)O[C@@H](O[C@@H]3C(OC(=O)C(C)(C)C)[C@H](OCCCCc4ccc([N+](=O)[O-])cc4)OC4COC(c5ccccc5)O[C@@H]43)[C@H]2O1. The first-order valence-corrected chi connectivity index (χ1v) is 16.9. The number of non-ortho nitro benzene ring substituents is 1. The molecule has 0 bridgehead atoms. The molecule has 4 aliphatic heterocycles. The summed E-state index contributed by atoms with van der Waals surface area (Å²) in [6, 6.07) is 15.9. The van der Waals surface area contributed by atoms with Crippen LogP contribution < -0.4 is 0 Å². The first kappa shape index (κ1) is 36.2. The van der Waals surface area contributed by atoms with Gasteiger partial charge in [0, 0.05) is 24.3 Å². The normalized spacial score (nSPS) is 33.8. The Bertz CT molecular complexity index is 1480. The Labute approximate surface area is 290 Å². The molecule has 0 radical (unpaired) electrons. The van der Waals surface area contributed by atoms with Gasteiger partial charge in [-0.15, -0.1) is 0 Å². The van der Waals surface area contributed by atoms with Crippen molar-refractivity contribution in [3.05, 3.63) is 88.4 Å². The van der Waals surface area contributed by atoms with Crippen LogP contribution in [0.1, 0.15) is 58.0 Å². The van der Waals surface area contributed by atoms with Crippen LogP contribution in [0.2, 0.25) is 0 Å². The zero-order valence-corrected chi connectivity index (χ0v) is 28.6. The average molecular weight is 700 g/mol. The van der Waals surface area contributed by atoms with E-state index in [0.29, 0.717) is 12.8 Å². The number of nitrogens with zero attached hydrogens (tertiary/aromatic N) is 1. The number of ether oxygens (including phenoxy) is 9. The van der Waals surface area contributed by atoms with Crippen LogP contribution >= 0.6 is 0 Å². The second-order valence-corrected chi connectivity index (χ2v) is 13.9. The van der Waals surface area contributed by atoms with Crippen LogP contribution in [-0.2, 0) is 53.8 Å². The number of hydrogen-bond donors (Lipinski definition) is 1. The van der Waals surface area contributed by atoms with Crippen LogP contribution in [0.15, 0.2) is 67.1 Å². The predicted molar refractivity (Wildman–Crippen MR) is 174 cm³/mol. The van der Waals surface area contributed by atoms with Gasteiger partial charge in [0.1, 0.15) is 24.4 Å². The smallest absolute Gasteiger partial charge is 0.311 e. The summed E-state index contributed by atoms with van der Waals surface area (Å²) >= 11 is 0. The van der Waals surface area contributed by atoms with E-state index in [1.165, 1.54) is 12.1 Å². The van der Waals surface area contributed by atoms with Gasteiger partial charge >= 0.3 is 5.97 Å². The molecule has 0 saturated carbocycles. The van der Waals surface area contributed by atoms with Gasteiger partial charge < -0.3 is 47.7 Å². The van der Waals surface area contributed by atoms with Gasteiger partial charge in [-0.25, -0.2) is 0 Å². The van der Waals surface area contributed by atoms with E-state index in [4.69, 9.17) is 42.6 Å². The van der Waals surface area contributed by atoms with E-state index in [2.05, 4.69) is 6.58 Å². The Kier molecular flexibility index (Phi) is 11.1. The van der Waals surface area contributed by atoms with Gasteiger partial charge in [0.15, 0.2) is 37.2 Å². The first-order valence-electron chi connectivity index (χ1n) is 16.9. The lowest BCUT2D eigenvalue weighted by atomic mass is 9.94. The Morgan fingerprint density at radius 3 is 2.38 bits per heavy atom. The van der Waals surface area contributed by atoms with Gasteiger partial charge in [0.25, 0.3) is 11.6 Å². The van der Waals surface area contributed by atoms with Crippen LogP contribution in [0, 0.1) is 15.5 Å². The molecule has 5 unspecified atom stereocenters. The molecule has 0 aliphatic carbocycles. The third kappa shape index (κ3) is 8.12. The summed E-state index contributed by atoms with van der Waals surface area (Å²) in [6.45, 7) is 11.1. The molecule has 50 heavy (non-hydrogen) atoms. The van der Waals surface area contributed by atoms with E-state index in [9.17, 15) is 20.0 Å². The molecule has 11 atom stereocenters. The van der Waals surface area contributed by atoms with E-state index in [-0.39, 0.29) is 24.8 Å². The lowest BCUT2D eigenvalue weighted by Gasteiger charge is -2.50. The molecule has 4 aliphatic rings. The number of fused-ring (bicyclic) bond motifs is 2. The summed E-state index contributed by atoms with van der Waals surface area (Å²) in [6.07, 6.45) is -7.77. The molecule has 272 valence electrons. The fourth-order valence-corrected chi connectivity index (χ4v) is 6.30. The fraction of sp³-hybridized carbons (Fsp3) is 0.583. The van der Waals surface area contributed by atoms with Crippen molar-refractivity contribution >= 4 is 11.7 Å². The minimum absolute atomic E-state index is 0.0345. The van der Waals surface area contributed by atoms with Crippen molar-refractivity contribution in [2.24, 2.45) is 5.41 Å². The highest BCUT2D eigenvalue weighted by atomic mass is 16.8. The monoisotopic (exact) mass is 699 g/mol. The van der Waals surface area contributed by atoms with Crippen molar-refractivity contribution in [3.63, 3.8) is 0 Å². The van der Waals surface area contributed by atoms with E-state index < -0.39 is 84.0 Å². The molecular weight excluding hydrogens is 654 g/mol. The van der Waals surface area contributed by atoms with E-state index in [0.717, 1.165) is 17.5 Å². The van der Waals surface area contributed by atoms with Crippen LogP contribution in [0.3, 0.4) is 0 Å². The zero-order chi connectivity index (χ0) is 35.6. The van der Waals surface area contributed by atoms with Crippen molar-refractivity contribution in [2.45, 2.75) is 115 Å². The molecule has 1 N–H and O–H groups in total. The molecule has 0 amide bonds. The van der Waals surface area contributed by atoms with Crippen LogP contribution in [0.5, 0.6) is 0 Å². The van der Waals surface area contributed by atoms with Crippen molar-refractivity contribution in [1.82, 2.24) is 0 Å². The first-order chi connectivity index (χ1) is 23.9. The molecule has 4 saturated heterocycles. The van der Waals surface area contributed by atoms with Gasteiger partial charge in [-0.3, -0.25) is 14.9 Å². The van der Waals surface area contributed by atoms with Gasteiger partial charge in [0.2, 0.25) is 0 Å². The number of nitro benzene ring substituents is 1. The summed E-state index contributed by atoms with van der Waals surface area (Å²) in [4.78, 5) is 24.0. The number of hydrogen-bond acceptors (Lipinski definition) is 13. The van der Waals surface area contributed by atoms with Crippen LogP contribution in [0.4, 0.5) is 5.69 Å². The second-order valence-electron chi connectivity index (χ2n) is 13.9. The highest BCUT2D eigenvalue weighted by molar-refractivity contribution is 5.75. The fourth-order valence-electron chi connectivity index (χ4n) is 6.30. The average Bonchev–Trinajstić information content (AvgIpc) is 3.50. The molecule has 2 aromatic rings. The Morgan fingerprint density at radius 1 is 0.960 bits per heavy atom. The van der Waals surface area contributed by atoms with E-state index in [1.54, 1.807) is 39.8 Å². The molecule has 14 heteroatoms. The summed E-state index contributed by atoms with van der Waals surface area (Å²) < 4.78 is 55.8. The highest BCUT2D eigenvalue weighted by Gasteiger charge is 2.58. The van der Waals surface area contributed by atoms with Crippen molar-refractivity contribution in [2.75, 3.05) is 13.2 Å². The number of nitro groups is 1. The number of aliphatic hydroxyl groups is 1. The molecular formula is C36H45NO13. The third-order valence-corrected chi connectivity index (χ3v) is 9.08. The number of carbonyl (C=O) groups is 1. The summed E-state index contributed by atoms with van der Waals surface area (Å²) in [7, 11) is 0. The minimum atomic E-state index is -1.11. The maximum atomic E-state index is 13.5. The maximum absolute atomic E-state index is 13.5.